The first kappa shape index (κ1) is 17.1. The molecule has 0 radical (unpaired) electrons. The van der Waals surface area contributed by atoms with E-state index in [-0.39, 0.29) is 0 Å². The van der Waals surface area contributed by atoms with Crippen molar-refractivity contribution in [2.24, 2.45) is 0 Å². The van der Waals surface area contributed by atoms with E-state index in [1.165, 1.54) is 0 Å². The van der Waals surface area contributed by atoms with Crippen LogP contribution in [0.4, 0.5) is 23.0 Å². The number of hydrogen-bond acceptors (Lipinski definition) is 4. The van der Waals surface area contributed by atoms with Crippen LogP contribution in [0.15, 0.2) is 72.8 Å². The molecule has 0 unspecified atom stereocenters. The van der Waals surface area contributed by atoms with Crippen LogP contribution < -0.4 is 10.6 Å². The van der Waals surface area contributed by atoms with Gasteiger partial charge in [-0.25, -0.2) is 9.97 Å². The molecule has 0 aliphatic heterocycles. The largest absolute Gasteiger partial charge is 0.337 e. The van der Waals surface area contributed by atoms with Crippen molar-refractivity contribution in [3.63, 3.8) is 0 Å². The maximum absolute atomic E-state index is 5.51. The summed E-state index contributed by atoms with van der Waals surface area (Å²) in [5, 5.41) is 6.63. The standard InChI is InChI=1S/C24H16N4/c1-3-17-9-7-11-19(15-17)25-23-24(26-20-12-8-10-18(4-2)16-20)28-22-14-6-5-13-21(22)27-23/h1-2,5-16H,(H,25,27)(H,26,28). The second kappa shape index (κ2) is 7.53. The predicted molar refractivity (Wildman–Crippen MR) is 115 cm³/mol. The first-order valence-corrected chi connectivity index (χ1v) is 8.69. The Morgan fingerprint density at radius 1 is 0.607 bits per heavy atom. The highest BCUT2D eigenvalue weighted by Gasteiger charge is 2.10. The topological polar surface area (TPSA) is 49.8 Å². The molecule has 0 spiro atoms. The van der Waals surface area contributed by atoms with Crippen molar-refractivity contribution in [3.8, 4) is 24.7 Å². The second-order valence-corrected chi connectivity index (χ2v) is 6.11. The number of nitrogens with one attached hydrogen (secondary N) is 2. The van der Waals surface area contributed by atoms with Gasteiger partial charge >= 0.3 is 0 Å². The molecule has 0 saturated carbocycles. The van der Waals surface area contributed by atoms with Crippen LogP contribution in [0.3, 0.4) is 0 Å². The number of aromatic nitrogens is 2. The number of hydrogen-bond donors (Lipinski definition) is 2. The van der Waals surface area contributed by atoms with E-state index in [1.807, 2.05) is 72.8 Å². The van der Waals surface area contributed by atoms with E-state index < -0.39 is 0 Å². The minimum Gasteiger partial charge on any atom is -0.337 e. The second-order valence-electron chi connectivity index (χ2n) is 6.11. The van der Waals surface area contributed by atoms with Gasteiger partial charge in [0.1, 0.15) is 0 Å². The van der Waals surface area contributed by atoms with Gasteiger partial charge in [-0.15, -0.1) is 12.8 Å². The molecule has 4 heteroatoms. The van der Waals surface area contributed by atoms with Gasteiger partial charge in [0.2, 0.25) is 0 Å². The molecule has 0 aliphatic rings. The quantitative estimate of drug-likeness (QED) is 0.498. The number of rotatable bonds is 4. The van der Waals surface area contributed by atoms with E-state index in [9.17, 15) is 0 Å². The van der Waals surface area contributed by atoms with E-state index in [4.69, 9.17) is 22.8 Å². The molecule has 2 N–H and O–H groups in total. The van der Waals surface area contributed by atoms with E-state index in [0.717, 1.165) is 33.5 Å². The van der Waals surface area contributed by atoms with Gasteiger partial charge in [-0.2, -0.15) is 0 Å². The molecule has 3 aromatic carbocycles. The van der Waals surface area contributed by atoms with Crippen LogP contribution in [-0.4, -0.2) is 9.97 Å². The van der Waals surface area contributed by atoms with Gasteiger partial charge in [0.05, 0.1) is 11.0 Å². The summed E-state index contributed by atoms with van der Waals surface area (Å²) in [4.78, 5) is 9.47. The molecule has 4 rings (SSSR count). The molecule has 0 fully saturated rings. The van der Waals surface area contributed by atoms with Crippen molar-refractivity contribution >= 4 is 34.0 Å². The van der Waals surface area contributed by atoms with Gasteiger partial charge in [0, 0.05) is 22.5 Å². The van der Waals surface area contributed by atoms with Gasteiger partial charge < -0.3 is 10.6 Å². The van der Waals surface area contributed by atoms with Crippen molar-refractivity contribution in [2.75, 3.05) is 10.6 Å². The summed E-state index contributed by atoms with van der Waals surface area (Å²) >= 11 is 0. The lowest BCUT2D eigenvalue weighted by Gasteiger charge is -2.14. The zero-order valence-corrected chi connectivity index (χ0v) is 15.0. The Bertz CT molecular complexity index is 1150. The van der Waals surface area contributed by atoms with Crippen LogP contribution in [0.5, 0.6) is 0 Å². The Kier molecular flexibility index (Phi) is 4.61. The molecule has 4 nitrogen and oxygen atoms in total. The lowest BCUT2D eigenvalue weighted by molar-refractivity contribution is 1.27. The molecule has 1 heterocycles. The number of nitrogens with zero attached hydrogens (tertiary/aromatic N) is 2. The van der Waals surface area contributed by atoms with Crippen LogP contribution in [0.2, 0.25) is 0 Å². The van der Waals surface area contributed by atoms with Gasteiger partial charge in [-0.3, -0.25) is 0 Å². The molecule has 1 aromatic heterocycles. The van der Waals surface area contributed by atoms with E-state index in [2.05, 4.69) is 22.5 Å². The van der Waals surface area contributed by atoms with Crippen LogP contribution in [-0.2, 0) is 0 Å². The lowest BCUT2D eigenvalue weighted by Crippen LogP contribution is -2.03. The highest BCUT2D eigenvalue weighted by molar-refractivity contribution is 5.83. The summed E-state index contributed by atoms with van der Waals surface area (Å²) in [5.41, 5.74) is 4.83. The summed E-state index contributed by atoms with van der Waals surface area (Å²) in [6.07, 6.45) is 11.0. The fourth-order valence-corrected chi connectivity index (χ4v) is 2.82. The van der Waals surface area contributed by atoms with Gasteiger partial charge in [0.15, 0.2) is 11.6 Å². The monoisotopic (exact) mass is 360 g/mol. The highest BCUT2D eigenvalue weighted by Crippen LogP contribution is 2.28. The normalized spacial score (nSPS) is 10.1. The van der Waals surface area contributed by atoms with Crippen LogP contribution in [0, 0.1) is 24.7 Å². The third-order valence-electron chi connectivity index (χ3n) is 4.15. The first-order valence-electron chi connectivity index (χ1n) is 8.69. The zero-order valence-electron chi connectivity index (χ0n) is 15.0. The minimum atomic E-state index is 0.596. The highest BCUT2D eigenvalue weighted by atomic mass is 15.1. The average molecular weight is 360 g/mol. The summed E-state index contributed by atoms with van der Waals surface area (Å²) < 4.78 is 0. The number of para-hydroxylation sites is 2. The number of anilines is 4. The van der Waals surface area contributed by atoms with Crippen LogP contribution in [0.1, 0.15) is 11.1 Å². The van der Waals surface area contributed by atoms with Crippen molar-refractivity contribution in [2.45, 2.75) is 0 Å². The Labute approximate surface area is 163 Å². The fourth-order valence-electron chi connectivity index (χ4n) is 2.82. The molecule has 28 heavy (non-hydrogen) atoms. The van der Waals surface area contributed by atoms with Gasteiger partial charge in [-0.1, -0.05) is 36.1 Å². The molecule has 0 bridgehead atoms. The van der Waals surface area contributed by atoms with Crippen molar-refractivity contribution in [3.05, 3.63) is 83.9 Å². The third-order valence-corrected chi connectivity index (χ3v) is 4.15. The van der Waals surface area contributed by atoms with Crippen LogP contribution >= 0.6 is 0 Å². The zero-order chi connectivity index (χ0) is 19.3. The van der Waals surface area contributed by atoms with E-state index in [1.54, 1.807) is 0 Å². The average Bonchev–Trinajstić information content (AvgIpc) is 2.74. The maximum atomic E-state index is 5.51. The molecule has 0 saturated heterocycles. The molecule has 132 valence electrons. The number of fused-ring (bicyclic) bond motifs is 1. The van der Waals surface area contributed by atoms with Crippen molar-refractivity contribution < 1.29 is 0 Å². The maximum Gasteiger partial charge on any atom is 0.174 e. The molecule has 0 amide bonds. The Morgan fingerprint density at radius 3 is 1.50 bits per heavy atom. The van der Waals surface area contributed by atoms with Gasteiger partial charge in [-0.05, 0) is 48.5 Å². The predicted octanol–water partition coefficient (Wildman–Crippen LogP) is 5.08. The molecule has 4 aromatic rings. The van der Waals surface area contributed by atoms with E-state index in [0.29, 0.717) is 11.6 Å². The summed E-state index contributed by atoms with van der Waals surface area (Å²) in [5.74, 6) is 6.47. The Hall–Kier alpha value is -4.28. The SMILES string of the molecule is C#Cc1cccc(Nc2nc3ccccc3nc2Nc2cccc(C#C)c2)c1. The molecule has 0 aliphatic carbocycles. The Morgan fingerprint density at radius 2 is 1.07 bits per heavy atom. The number of terminal acetylenes is 2. The lowest BCUT2D eigenvalue weighted by atomic mass is 10.2. The summed E-state index contributed by atoms with van der Waals surface area (Å²) in [6, 6.07) is 22.9. The molecular weight excluding hydrogens is 344 g/mol. The van der Waals surface area contributed by atoms with E-state index >= 15 is 0 Å². The summed E-state index contributed by atoms with van der Waals surface area (Å²) in [7, 11) is 0. The van der Waals surface area contributed by atoms with Crippen molar-refractivity contribution in [1.82, 2.24) is 9.97 Å². The van der Waals surface area contributed by atoms with Crippen molar-refractivity contribution in [1.29, 1.82) is 0 Å². The first-order chi connectivity index (χ1) is 13.7. The molecular formula is C24H16N4. The fraction of sp³-hybridized carbons (Fsp3) is 0. The smallest absolute Gasteiger partial charge is 0.174 e. The number of benzene rings is 3. The van der Waals surface area contributed by atoms with Crippen LogP contribution in [0.25, 0.3) is 11.0 Å². The summed E-state index contributed by atoms with van der Waals surface area (Å²) in [6.45, 7) is 0. The molecule has 0 atom stereocenters. The third kappa shape index (κ3) is 3.62. The minimum absolute atomic E-state index is 0.596. The van der Waals surface area contributed by atoms with Gasteiger partial charge in [0.25, 0.3) is 0 Å². The Balaban J connectivity index is 1.77.